The van der Waals surface area contributed by atoms with Crippen molar-refractivity contribution in [2.75, 3.05) is 0 Å². The molecule has 0 saturated carbocycles. The summed E-state index contributed by atoms with van der Waals surface area (Å²) in [5.74, 6) is 1.45. The number of halogens is 1. The van der Waals surface area contributed by atoms with E-state index in [1.54, 1.807) is 24.3 Å². The SMILES string of the molecule is CC(=O)C[C@@H]1N=C(c2ccc(Cl)cc2)c2cc(O)ccc2-n2c(C)nnc21. The van der Waals surface area contributed by atoms with Gasteiger partial charge in [-0.2, -0.15) is 0 Å². The molecular formula is C20H17ClN4O2. The first-order chi connectivity index (χ1) is 12.9. The van der Waals surface area contributed by atoms with Gasteiger partial charge in [0.15, 0.2) is 5.82 Å². The molecule has 0 amide bonds. The van der Waals surface area contributed by atoms with E-state index in [9.17, 15) is 9.90 Å². The number of ketones is 1. The molecular weight excluding hydrogens is 364 g/mol. The van der Waals surface area contributed by atoms with Crippen LogP contribution in [0.15, 0.2) is 47.5 Å². The van der Waals surface area contributed by atoms with E-state index in [1.165, 1.54) is 6.92 Å². The molecule has 6 nitrogen and oxygen atoms in total. The van der Waals surface area contributed by atoms with Gasteiger partial charge in [-0.3, -0.25) is 14.4 Å². The number of phenols is 1. The lowest BCUT2D eigenvalue weighted by Gasteiger charge is -2.13. The summed E-state index contributed by atoms with van der Waals surface area (Å²) in [6.07, 6.45) is 0.217. The lowest BCUT2D eigenvalue weighted by molar-refractivity contribution is -0.117. The predicted molar refractivity (Wildman–Crippen MR) is 103 cm³/mol. The minimum absolute atomic E-state index is 0.0141. The zero-order chi connectivity index (χ0) is 19.1. The van der Waals surface area contributed by atoms with Crippen molar-refractivity contribution in [2.24, 2.45) is 4.99 Å². The second-order valence-electron chi connectivity index (χ2n) is 6.55. The Bertz CT molecular complexity index is 1070. The van der Waals surface area contributed by atoms with Gasteiger partial charge in [-0.15, -0.1) is 10.2 Å². The molecule has 136 valence electrons. The monoisotopic (exact) mass is 380 g/mol. The Morgan fingerprint density at radius 2 is 1.93 bits per heavy atom. The van der Waals surface area contributed by atoms with Crippen LogP contribution in [-0.2, 0) is 4.79 Å². The summed E-state index contributed by atoms with van der Waals surface area (Å²) in [7, 11) is 0. The number of phenolic OH excluding ortho intramolecular Hbond substituents is 1. The molecule has 0 radical (unpaired) electrons. The predicted octanol–water partition coefficient (Wildman–Crippen LogP) is 3.81. The van der Waals surface area contributed by atoms with Crippen LogP contribution in [0.3, 0.4) is 0 Å². The lowest BCUT2D eigenvalue weighted by atomic mass is 10.00. The molecule has 3 aromatic rings. The molecule has 27 heavy (non-hydrogen) atoms. The highest BCUT2D eigenvalue weighted by Crippen LogP contribution is 2.34. The first-order valence-corrected chi connectivity index (χ1v) is 8.90. The molecule has 2 heterocycles. The van der Waals surface area contributed by atoms with Crippen LogP contribution >= 0.6 is 11.6 Å². The molecule has 0 saturated heterocycles. The van der Waals surface area contributed by atoms with Crippen molar-refractivity contribution >= 4 is 23.1 Å². The van der Waals surface area contributed by atoms with Crippen molar-refractivity contribution in [1.29, 1.82) is 0 Å². The van der Waals surface area contributed by atoms with Crippen LogP contribution in [0.4, 0.5) is 0 Å². The van der Waals surface area contributed by atoms with Gasteiger partial charge in [0.05, 0.1) is 11.4 Å². The van der Waals surface area contributed by atoms with Crippen LogP contribution in [0.25, 0.3) is 5.69 Å². The van der Waals surface area contributed by atoms with Gasteiger partial charge in [-0.1, -0.05) is 23.7 Å². The van der Waals surface area contributed by atoms with Crippen molar-refractivity contribution in [2.45, 2.75) is 26.3 Å². The summed E-state index contributed by atoms with van der Waals surface area (Å²) in [6, 6.07) is 12.0. The number of aromatic nitrogens is 3. The Balaban J connectivity index is 2.02. The minimum atomic E-state index is -0.469. The molecule has 7 heteroatoms. The van der Waals surface area contributed by atoms with Gasteiger partial charge < -0.3 is 5.11 Å². The van der Waals surface area contributed by atoms with E-state index in [0.29, 0.717) is 22.4 Å². The molecule has 0 unspecified atom stereocenters. The van der Waals surface area contributed by atoms with E-state index in [4.69, 9.17) is 16.6 Å². The smallest absolute Gasteiger partial charge is 0.162 e. The van der Waals surface area contributed by atoms with E-state index in [0.717, 1.165) is 16.8 Å². The second kappa shape index (κ2) is 6.63. The maximum Gasteiger partial charge on any atom is 0.162 e. The van der Waals surface area contributed by atoms with Crippen LogP contribution in [0.2, 0.25) is 5.02 Å². The third kappa shape index (κ3) is 3.13. The van der Waals surface area contributed by atoms with Gasteiger partial charge in [0, 0.05) is 22.6 Å². The summed E-state index contributed by atoms with van der Waals surface area (Å²) in [5.41, 5.74) is 3.07. The van der Waals surface area contributed by atoms with E-state index in [2.05, 4.69) is 10.2 Å². The molecule has 4 rings (SSSR count). The van der Waals surface area contributed by atoms with E-state index in [1.807, 2.05) is 29.7 Å². The molecule has 1 atom stereocenters. The number of carbonyl (C=O) groups excluding carboxylic acids is 1. The lowest BCUT2D eigenvalue weighted by Crippen LogP contribution is -2.09. The quantitative estimate of drug-likeness (QED) is 0.749. The Morgan fingerprint density at radius 1 is 1.19 bits per heavy atom. The molecule has 0 fully saturated rings. The molecule has 2 aromatic carbocycles. The fraction of sp³-hybridized carbons (Fsp3) is 0.200. The normalized spacial score (nSPS) is 15.5. The molecule has 0 bridgehead atoms. The standard InChI is InChI=1S/C20H17ClN4O2/c1-11(26)9-17-20-24-23-12(2)25(20)18-8-7-15(27)10-16(18)19(22-17)13-3-5-14(21)6-4-13/h3-8,10,17,27H,9H2,1-2H3/t17-/m0/s1. The highest BCUT2D eigenvalue weighted by Gasteiger charge is 2.29. The molecule has 1 aliphatic heterocycles. The highest BCUT2D eigenvalue weighted by atomic mass is 35.5. The maximum atomic E-state index is 11.9. The number of carbonyl (C=O) groups is 1. The van der Waals surface area contributed by atoms with Gasteiger partial charge >= 0.3 is 0 Å². The second-order valence-corrected chi connectivity index (χ2v) is 6.99. The molecule has 0 spiro atoms. The fourth-order valence-electron chi connectivity index (χ4n) is 3.33. The van der Waals surface area contributed by atoms with Crippen molar-refractivity contribution in [3.8, 4) is 11.4 Å². The Kier molecular flexibility index (Phi) is 4.28. The molecule has 1 N–H and O–H groups in total. The summed E-state index contributed by atoms with van der Waals surface area (Å²) >= 11 is 6.04. The Labute approximate surface area is 161 Å². The zero-order valence-electron chi connectivity index (χ0n) is 14.8. The number of aryl methyl sites for hydroxylation is 1. The largest absolute Gasteiger partial charge is 0.508 e. The first-order valence-electron chi connectivity index (χ1n) is 8.53. The number of benzene rings is 2. The van der Waals surface area contributed by atoms with Crippen LogP contribution in [0.1, 0.15) is 42.2 Å². The van der Waals surface area contributed by atoms with Crippen LogP contribution in [-0.4, -0.2) is 31.4 Å². The summed E-state index contributed by atoms with van der Waals surface area (Å²) < 4.78 is 1.90. The summed E-state index contributed by atoms with van der Waals surface area (Å²) in [4.78, 5) is 16.7. The van der Waals surface area contributed by atoms with Gasteiger partial charge in [-0.05, 0) is 44.2 Å². The van der Waals surface area contributed by atoms with Gasteiger partial charge in [0.25, 0.3) is 0 Å². The number of nitrogens with zero attached hydrogens (tertiary/aromatic N) is 4. The number of hydrogen-bond acceptors (Lipinski definition) is 5. The Morgan fingerprint density at radius 3 is 2.63 bits per heavy atom. The Hall–Kier alpha value is -2.99. The first kappa shape index (κ1) is 17.4. The van der Waals surface area contributed by atoms with Gasteiger partial charge in [-0.25, -0.2) is 0 Å². The average Bonchev–Trinajstić information content (AvgIpc) is 2.94. The third-order valence-corrected chi connectivity index (χ3v) is 4.76. The number of Topliss-reactive ketones (excluding diaryl/α,β-unsaturated/α-hetero) is 1. The summed E-state index contributed by atoms with van der Waals surface area (Å²) in [6.45, 7) is 3.39. The molecule has 1 aromatic heterocycles. The van der Waals surface area contributed by atoms with E-state index in [-0.39, 0.29) is 18.0 Å². The highest BCUT2D eigenvalue weighted by molar-refractivity contribution is 6.30. The van der Waals surface area contributed by atoms with Gasteiger partial charge in [0.1, 0.15) is 23.4 Å². The van der Waals surface area contributed by atoms with Crippen molar-refractivity contribution < 1.29 is 9.90 Å². The fourth-order valence-corrected chi connectivity index (χ4v) is 3.46. The minimum Gasteiger partial charge on any atom is -0.508 e. The average molecular weight is 381 g/mol. The number of aliphatic imine (C=N–C) groups is 1. The van der Waals surface area contributed by atoms with Crippen molar-refractivity contribution in [3.63, 3.8) is 0 Å². The molecule has 1 aliphatic rings. The van der Waals surface area contributed by atoms with Crippen LogP contribution < -0.4 is 0 Å². The van der Waals surface area contributed by atoms with Crippen molar-refractivity contribution in [3.05, 3.63) is 70.3 Å². The number of aromatic hydroxyl groups is 1. The van der Waals surface area contributed by atoms with E-state index >= 15 is 0 Å². The molecule has 0 aliphatic carbocycles. The van der Waals surface area contributed by atoms with Crippen LogP contribution in [0, 0.1) is 6.92 Å². The number of rotatable bonds is 3. The number of hydrogen-bond donors (Lipinski definition) is 1. The van der Waals surface area contributed by atoms with Gasteiger partial charge in [0.2, 0.25) is 0 Å². The van der Waals surface area contributed by atoms with Crippen LogP contribution in [0.5, 0.6) is 5.75 Å². The maximum absolute atomic E-state index is 11.9. The zero-order valence-corrected chi connectivity index (χ0v) is 15.6. The van der Waals surface area contributed by atoms with E-state index < -0.39 is 6.04 Å². The number of fused-ring (bicyclic) bond motifs is 3. The van der Waals surface area contributed by atoms with Crippen molar-refractivity contribution in [1.82, 2.24) is 14.8 Å². The summed E-state index contributed by atoms with van der Waals surface area (Å²) in [5, 5.41) is 19.2. The topological polar surface area (TPSA) is 80.4 Å². The third-order valence-electron chi connectivity index (χ3n) is 4.51.